The maximum absolute atomic E-state index is 12.9. The highest BCUT2D eigenvalue weighted by atomic mass is 19.1. The largest absolute Gasteiger partial charge is 0.354 e. The average Bonchev–Trinajstić information content (AvgIpc) is 2.74. The summed E-state index contributed by atoms with van der Waals surface area (Å²) in [4.78, 5) is 24.2. The van der Waals surface area contributed by atoms with Crippen LogP contribution in [0.1, 0.15) is 27.4 Å². The maximum Gasteiger partial charge on any atom is 0.251 e. The minimum absolute atomic E-state index is 0.0131. The van der Waals surface area contributed by atoms with Gasteiger partial charge in [-0.15, -0.1) is 0 Å². The Morgan fingerprint density at radius 1 is 0.750 bits per heavy atom. The molecule has 142 valence electrons. The van der Waals surface area contributed by atoms with E-state index < -0.39 is 11.7 Å². The molecule has 0 aliphatic rings. The fourth-order valence-corrected chi connectivity index (χ4v) is 2.94. The molecule has 0 saturated carbocycles. The van der Waals surface area contributed by atoms with Crippen LogP contribution in [0.15, 0.2) is 84.9 Å². The Labute approximate surface area is 163 Å². The maximum atomic E-state index is 12.9. The van der Waals surface area contributed by atoms with Crippen molar-refractivity contribution in [1.82, 2.24) is 10.6 Å². The van der Waals surface area contributed by atoms with Crippen LogP contribution in [-0.4, -0.2) is 24.9 Å². The van der Waals surface area contributed by atoms with E-state index in [-0.39, 0.29) is 18.4 Å². The molecule has 3 rings (SSSR count). The van der Waals surface area contributed by atoms with Crippen molar-refractivity contribution in [2.24, 2.45) is 0 Å². The van der Waals surface area contributed by atoms with Crippen molar-refractivity contribution in [3.05, 3.63) is 107 Å². The van der Waals surface area contributed by atoms with Crippen molar-refractivity contribution < 1.29 is 14.0 Å². The molecule has 0 atom stereocenters. The van der Waals surface area contributed by atoms with Crippen LogP contribution in [-0.2, 0) is 4.79 Å². The number of hydrogen-bond acceptors (Lipinski definition) is 2. The number of carbonyl (C=O) groups excluding carboxylic acids is 2. The number of halogens is 1. The predicted octanol–water partition coefficient (Wildman–Crippen LogP) is 3.50. The van der Waals surface area contributed by atoms with Crippen molar-refractivity contribution in [1.29, 1.82) is 0 Å². The molecule has 0 bridgehead atoms. The summed E-state index contributed by atoms with van der Waals surface area (Å²) >= 11 is 0. The number of hydrogen-bond donors (Lipinski definition) is 2. The standard InChI is InChI=1S/C23H21FN2O2/c24-20-13-11-19(12-14-20)23(28)26-16-22(27)25-15-21(17-7-3-1-4-8-17)18-9-5-2-6-10-18/h1-14,21H,15-16H2,(H,25,27)(H,26,28). The van der Waals surface area contributed by atoms with Gasteiger partial charge in [0, 0.05) is 18.0 Å². The molecule has 0 aliphatic heterocycles. The summed E-state index contributed by atoms with van der Waals surface area (Å²) in [7, 11) is 0. The Bertz CT molecular complexity index is 873. The third-order valence-corrected chi connectivity index (χ3v) is 4.42. The van der Waals surface area contributed by atoms with Gasteiger partial charge in [-0.3, -0.25) is 9.59 Å². The first-order valence-corrected chi connectivity index (χ1v) is 9.04. The molecule has 2 amide bonds. The smallest absolute Gasteiger partial charge is 0.251 e. The van der Waals surface area contributed by atoms with Crippen LogP contribution in [0.3, 0.4) is 0 Å². The van der Waals surface area contributed by atoms with Crippen molar-refractivity contribution in [3.8, 4) is 0 Å². The minimum Gasteiger partial charge on any atom is -0.354 e. The van der Waals surface area contributed by atoms with Gasteiger partial charge in [0.15, 0.2) is 0 Å². The molecule has 4 nitrogen and oxygen atoms in total. The summed E-state index contributed by atoms with van der Waals surface area (Å²) in [6, 6.07) is 25.1. The first-order chi connectivity index (χ1) is 13.6. The lowest BCUT2D eigenvalue weighted by Crippen LogP contribution is -2.38. The lowest BCUT2D eigenvalue weighted by Gasteiger charge is -2.19. The van der Waals surface area contributed by atoms with Gasteiger partial charge in [-0.25, -0.2) is 4.39 Å². The van der Waals surface area contributed by atoms with Crippen LogP contribution in [0.5, 0.6) is 0 Å². The third-order valence-electron chi connectivity index (χ3n) is 4.42. The van der Waals surface area contributed by atoms with Crippen LogP contribution in [0.25, 0.3) is 0 Å². The zero-order valence-corrected chi connectivity index (χ0v) is 15.3. The van der Waals surface area contributed by atoms with E-state index in [0.29, 0.717) is 12.1 Å². The highest BCUT2D eigenvalue weighted by Crippen LogP contribution is 2.23. The number of nitrogens with one attached hydrogen (secondary N) is 2. The van der Waals surface area contributed by atoms with Crippen molar-refractivity contribution in [2.45, 2.75) is 5.92 Å². The van der Waals surface area contributed by atoms with E-state index in [4.69, 9.17) is 0 Å². The molecule has 3 aromatic rings. The first-order valence-electron chi connectivity index (χ1n) is 9.04. The third kappa shape index (κ3) is 5.27. The van der Waals surface area contributed by atoms with Gasteiger partial charge < -0.3 is 10.6 Å². The quantitative estimate of drug-likeness (QED) is 0.663. The number of carbonyl (C=O) groups is 2. The van der Waals surface area contributed by atoms with E-state index >= 15 is 0 Å². The van der Waals surface area contributed by atoms with Gasteiger partial charge in [-0.2, -0.15) is 0 Å². The van der Waals surface area contributed by atoms with E-state index in [2.05, 4.69) is 10.6 Å². The lowest BCUT2D eigenvalue weighted by atomic mass is 9.91. The summed E-state index contributed by atoms with van der Waals surface area (Å²) < 4.78 is 12.9. The fourth-order valence-electron chi connectivity index (χ4n) is 2.94. The lowest BCUT2D eigenvalue weighted by molar-refractivity contribution is -0.120. The fraction of sp³-hybridized carbons (Fsp3) is 0.130. The molecule has 0 saturated heterocycles. The van der Waals surface area contributed by atoms with Gasteiger partial charge in [0.1, 0.15) is 5.82 Å². The molecule has 0 spiro atoms. The minimum atomic E-state index is -0.419. The Morgan fingerprint density at radius 3 is 1.82 bits per heavy atom. The zero-order chi connectivity index (χ0) is 19.8. The van der Waals surface area contributed by atoms with Crippen LogP contribution in [0.4, 0.5) is 4.39 Å². The molecular formula is C23H21FN2O2. The second-order valence-electron chi connectivity index (χ2n) is 6.37. The molecule has 3 aromatic carbocycles. The van der Waals surface area contributed by atoms with Crippen LogP contribution in [0, 0.1) is 5.82 Å². The van der Waals surface area contributed by atoms with Gasteiger partial charge in [-0.1, -0.05) is 60.7 Å². The van der Waals surface area contributed by atoms with Gasteiger partial charge in [-0.05, 0) is 35.4 Å². The SMILES string of the molecule is O=C(CNC(=O)c1ccc(F)cc1)NCC(c1ccccc1)c1ccccc1. The Hall–Kier alpha value is -3.47. The van der Waals surface area contributed by atoms with Gasteiger partial charge in [0.2, 0.25) is 5.91 Å². The molecule has 2 N–H and O–H groups in total. The van der Waals surface area contributed by atoms with E-state index in [1.807, 2.05) is 60.7 Å². The Morgan fingerprint density at radius 2 is 1.29 bits per heavy atom. The summed E-state index contributed by atoms with van der Waals surface area (Å²) in [5.41, 5.74) is 2.51. The zero-order valence-electron chi connectivity index (χ0n) is 15.3. The highest BCUT2D eigenvalue weighted by molar-refractivity contribution is 5.96. The Balaban J connectivity index is 1.58. The second-order valence-corrected chi connectivity index (χ2v) is 6.37. The van der Waals surface area contributed by atoms with Crippen LogP contribution >= 0.6 is 0 Å². The van der Waals surface area contributed by atoms with E-state index in [1.54, 1.807) is 0 Å². The Kier molecular flexibility index (Phi) is 6.52. The normalized spacial score (nSPS) is 10.5. The number of amides is 2. The topological polar surface area (TPSA) is 58.2 Å². The van der Waals surface area contributed by atoms with Crippen LogP contribution < -0.4 is 10.6 Å². The highest BCUT2D eigenvalue weighted by Gasteiger charge is 2.15. The van der Waals surface area contributed by atoms with E-state index in [1.165, 1.54) is 24.3 Å². The van der Waals surface area contributed by atoms with Crippen molar-refractivity contribution in [2.75, 3.05) is 13.1 Å². The molecule has 0 aromatic heterocycles. The molecule has 0 heterocycles. The van der Waals surface area contributed by atoms with E-state index in [9.17, 15) is 14.0 Å². The van der Waals surface area contributed by atoms with Gasteiger partial charge in [0.25, 0.3) is 5.91 Å². The molecule has 5 heteroatoms. The van der Waals surface area contributed by atoms with Crippen LogP contribution in [0.2, 0.25) is 0 Å². The molecule has 28 heavy (non-hydrogen) atoms. The first kappa shape index (κ1) is 19.3. The van der Waals surface area contributed by atoms with Gasteiger partial charge in [0.05, 0.1) is 6.54 Å². The van der Waals surface area contributed by atoms with E-state index in [0.717, 1.165) is 11.1 Å². The second kappa shape index (κ2) is 9.46. The molecule has 0 fully saturated rings. The summed E-state index contributed by atoms with van der Waals surface area (Å²) in [6.45, 7) is 0.270. The van der Waals surface area contributed by atoms with Gasteiger partial charge >= 0.3 is 0 Å². The molecule has 0 radical (unpaired) electrons. The number of rotatable bonds is 7. The van der Waals surface area contributed by atoms with Crippen molar-refractivity contribution in [3.63, 3.8) is 0 Å². The molecule has 0 unspecified atom stereocenters. The molecular weight excluding hydrogens is 355 g/mol. The summed E-state index contributed by atoms with van der Waals surface area (Å²) in [5.74, 6) is -1.11. The summed E-state index contributed by atoms with van der Waals surface area (Å²) in [6.07, 6.45) is 0. The molecule has 0 aliphatic carbocycles. The summed E-state index contributed by atoms with van der Waals surface area (Å²) in [5, 5.41) is 5.43. The average molecular weight is 376 g/mol. The van der Waals surface area contributed by atoms with Crippen molar-refractivity contribution >= 4 is 11.8 Å². The predicted molar refractivity (Wildman–Crippen MR) is 106 cm³/mol. The monoisotopic (exact) mass is 376 g/mol. The number of benzene rings is 3.